The maximum atomic E-state index is 5.96. The number of fused-ring (bicyclic) bond motifs is 1. The number of hydrogen-bond donors (Lipinski definition) is 2. The summed E-state index contributed by atoms with van der Waals surface area (Å²) in [5.74, 6) is 0.746. The lowest BCUT2D eigenvalue weighted by Gasteiger charge is -1.96. The number of aromatic nitrogens is 3. The van der Waals surface area contributed by atoms with Gasteiger partial charge < -0.3 is 10.7 Å². The van der Waals surface area contributed by atoms with Gasteiger partial charge in [0.15, 0.2) is 0 Å². The molecule has 1 aromatic carbocycles. The minimum Gasteiger partial charge on any atom is -0.397 e. The molecule has 0 aliphatic carbocycles. The molecule has 0 fully saturated rings. The fourth-order valence-corrected chi connectivity index (χ4v) is 2.16. The third kappa shape index (κ3) is 1.80. The van der Waals surface area contributed by atoms with E-state index in [0.717, 1.165) is 28.0 Å². The first-order chi connectivity index (χ1) is 8.63. The molecule has 0 atom stereocenters. The van der Waals surface area contributed by atoms with E-state index < -0.39 is 0 Å². The molecule has 3 rings (SSSR count). The molecule has 3 N–H and O–H groups in total. The Balaban J connectivity index is 2.22. The minimum atomic E-state index is 0.570. The molecule has 3 aromatic rings. The van der Waals surface area contributed by atoms with Crippen LogP contribution in [-0.2, 0) is 0 Å². The number of imidazole rings is 1. The Morgan fingerprint density at radius 3 is 2.83 bits per heavy atom. The first-order valence-electron chi connectivity index (χ1n) is 5.50. The van der Waals surface area contributed by atoms with Crippen molar-refractivity contribution in [3.05, 3.63) is 41.2 Å². The number of benzene rings is 1. The van der Waals surface area contributed by atoms with Crippen molar-refractivity contribution in [3.8, 4) is 11.4 Å². The summed E-state index contributed by atoms with van der Waals surface area (Å²) in [6, 6.07) is 5.53. The highest BCUT2D eigenvalue weighted by atomic mass is 35.5. The van der Waals surface area contributed by atoms with Gasteiger partial charge in [-0.15, -0.1) is 0 Å². The van der Waals surface area contributed by atoms with Crippen LogP contribution in [0, 0.1) is 6.92 Å². The van der Waals surface area contributed by atoms with Gasteiger partial charge in [0.05, 0.1) is 11.2 Å². The van der Waals surface area contributed by atoms with Crippen LogP contribution < -0.4 is 5.73 Å². The molecule has 0 aliphatic heterocycles. The molecule has 0 radical (unpaired) electrons. The number of halogens is 1. The minimum absolute atomic E-state index is 0.570. The number of rotatable bonds is 1. The lowest BCUT2D eigenvalue weighted by atomic mass is 10.2. The molecule has 4 nitrogen and oxygen atoms in total. The van der Waals surface area contributed by atoms with Crippen molar-refractivity contribution < 1.29 is 0 Å². The number of H-pyrrole nitrogens is 1. The molecule has 5 heteroatoms. The lowest BCUT2D eigenvalue weighted by molar-refractivity contribution is 1.24. The van der Waals surface area contributed by atoms with E-state index in [4.69, 9.17) is 17.3 Å². The van der Waals surface area contributed by atoms with E-state index in [2.05, 4.69) is 15.0 Å². The van der Waals surface area contributed by atoms with Crippen LogP contribution in [0.4, 0.5) is 5.69 Å². The molecule has 0 aliphatic rings. The zero-order chi connectivity index (χ0) is 12.7. The molecule has 2 aromatic heterocycles. The summed E-state index contributed by atoms with van der Waals surface area (Å²) in [5.41, 5.74) is 10.0. The zero-order valence-electron chi connectivity index (χ0n) is 9.74. The van der Waals surface area contributed by atoms with Gasteiger partial charge in [-0.3, -0.25) is 4.98 Å². The van der Waals surface area contributed by atoms with E-state index in [9.17, 15) is 0 Å². The SMILES string of the molecule is Cc1cncc(-c2nc3c(N)cc(Cl)cc3[nH]2)c1. The van der Waals surface area contributed by atoms with Crippen molar-refractivity contribution in [2.45, 2.75) is 6.92 Å². The van der Waals surface area contributed by atoms with Crippen LogP contribution in [0.3, 0.4) is 0 Å². The fraction of sp³-hybridized carbons (Fsp3) is 0.0769. The van der Waals surface area contributed by atoms with Gasteiger partial charge >= 0.3 is 0 Å². The van der Waals surface area contributed by atoms with Gasteiger partial charge in [-0.1, -0.05) is 11.6 Å². The predicted molar refractivity (Wildman–Crippen MR) is 73.5 cm³/mol. The highest BCUT2D eigenvalue weighted by molar-refractivity contribution is 6.31. The zero-order valence-corrected chi connectivity index (χ0v) is 10.5. The van der Waals surface area contributed by atoms with E-state index in [1.54, 1.807) is 18.5 Å². The standard InChI is InChI=1S/C13H11ClN4/c1-7-2-8(6-16-5-7)13-17-11-4-9(14)3-10(15)12(11)18-13/h2-6H,15H2,1H3,(H,17,18). The number of nitrogens with one attached hydrogen (secondary N) is 1. The molecular weight excluding hydrogens is 248 g/mol. The monoisotopic (exact) mass is 258 g/mol. The van der Waals surface area contributed by atoms with Crippen LogP contribution in [0.2, 0.25) is 5.02 Å². The number of hydrogen-bond acceptors (Lipinski definition) is 3. The Kier molecular flexibility index (Phi) is 2.45. The molecule has 0 unspecified atom stereocenters. The summed E-state index contributed by atoms with van der Waals surface area (Å²) < 4.78 is 0. The summed E-state index contributed by atoms with van der Waals surface area (Å²) in [7, 11) is 0. The first-order valence-corrected chi connectivity index (χ1v) is 5.88. The van der Waals surface area contributed by atoms with Gasteiger partial charge in [-0.25, -0.2) is 4.98 Å². The molecule has 0 saturated carbocycles. The Hall–Kier alpha value is -2.07. The second-order valence-corrected chi connectivity index (χ2v) is 4.66. The molecular formula is C13H11ClN4. The summed E-state index contributed by atoms with van der Waals surface area (Å²) in [4.78, 5) is 11.8. The number of aromatic amines is 1. The predicted octanol–water partition coefficient (Wildman–Crippen LogP) is 3.17. The van der Waals surface area contributed by atoms with E-state index in [0.29, 0.717) is 10.7 Å². The molecule has 2 heterocycles. The number of aryl methyl sites for hydroxylation is 1. The van der Waals surface area contributed by atoms with Gasteiger partial charge in [0.2, 0.25) is 0 Å². The van der Waals surface area contributed by atoms with Crippen LogP contribution in [0.25, 0.3) is 22.4 Å². The molecule has 0 amide bonds. The number of nitrogens with two attached hydrogens (primary N) is 1. The smallest absolute Gasteiger partial charge is 0.140 e. The van der Waals surface area contributed by atoms with Gasteiger partial charge in [0.1, 0.15) is 11.3 Å². The van der Waals surface area contributed by atoms with E-state index >= 15 is 0 Å². The highest BCUT2D eigenvalue weighted by Crippen LogP contribution is 2.27. The Labute approximate surface area is 109 Å². The van der Waals surface area contributed by atoms with Crippen LogP contribution >= 0.6 is 11.6 Å². The van der Waals surface area contributed by atoms with E-state index in [1.807, 2.05) is 19.1 Å². The van der Waals surface area contributed by atoms with Crippen LogP contribution in [0.15, 0.2) is 30.6 Å². The average molecular weight is 259 g/mol. The maximum absolute atomic E-state index is 5.96. The molecule has 0 spiro atoms. The molecule has 18 heavy (non-hydrogen) atoms. The van der Waals surface area contributed by atoms with Crippen molar-refractivity contribution in [2.24, 2.45) is 0 Å². The quantitative estimate of drug-likeness (QED) is 0.659. The molecule has 90 valence electrons. The Morgan fingerprint density at radius 1 is 1.22 bits per heavy atom. The van der Waals surface area contributed by atoms with Gasteiger partial charge in [0.25, 0.3) is 0 Å². The third-order valence-electron chi connectivity index (χ3n) is 2.73. The Morgan fingerprint density at radius 2 is 2.06 bits per heavy atom. The summed E-state index contributed by atoms with van der Waals surface area (Å²) in [6.45, 7) is 1.99. The van der Waals surface area contributed by atoms with Gasteiger partial charge in [-0.05, 0) is 30.7 Å². The summed E-state index contributed by atoms with van der Waals surface area (Å²) in [6.07, 6.45) is 3.57. The number of nitrogens with zero attached hydrogens (tertiary/aromatic N) is 2. The number of anilines is 1. The lowest BCUT2D eigenvalue weighted by Crippen LogP contribution is -1.86. The Bertz CT molecular complexity index is 733. The largest absolute Gasteiger partial charge is 0.397 e. The normalized spacial score (nSPS) is 11.0. The van der Waals surface area contributed by atoms with Crippen LogP contribution in [0.5, 0.6) is 0 Å². The maximum Gasteiger partial charge on any atom is 0.140 e. The van der Waals surface area contributed by atoms with Gasteiger partial charge in [0, 0.05) is 23.0 Å². The van der Waals surface area contributed by atoms with E-state index in [-0.39, 0.29) is 0 Å². The third-order valence-corrected chi connectivity index (χ3v) is 2.95. The highest BCUT2D eigenvalue weighted by Gasteiger charge is 2.09. The summed E-state index contributed by atoms with van der Waals surface area (Å²) in [5, 5.41) is 0.595. The second kappa shape index (κ2) is 3.99. The second-order valence-electron chi connectivity index (χ2n) is 4.23. The van der Waals surface area contributed by atoms with Crippen LogP contribution in [0.1, 0.15) is 5.56 Å². The number of nitrogen functional groups attached to an aromatic ring is 1. The molecule has 0 bridgehead atoms. The van der Waals surface area contributed by atoms with Crippen molar-refractivity contribution in [2.75, 3.05) is 5.73 Å². The fourth-order valence-electron chi connectivity index (χ4n) is 1.93. The average Bonchev–Trinajstić information content (AvgIpc) is 2.73. The van der Waals surface area contributed by atoms with Crippen molar-refractivity contribution in [1.29, 1.82) is 0 Å². The molecule has 0 saturated heterocycles. The van der Waals surface area contributed by atoms with Crippen molar-refractivity contribution in [1.82, 2.24) is 15.0 Å². The van der Waals surface area contributed by atoms with Gasteiger partial charge in [-0.2, -0.15) is 0 Å². The first kappa shape index (κ1) is 11.0. The van der Waals surface area contributed by atoms with E-state index in [1.165, 1.54) is 0 Å². The van der Waals surface area contributed by atoms with Crippen LogP contribution in [-0.4, -0.2) is 15.0 Å². The van der Waals surface area contributed by atoms with Crippen molar-refractivity contribution in [3.63, 3.8) is 0 Å². The number of pyridine rings is 1. The summed E-state index contributed by atoms with van der Waals surface area (Å²) >= 11 is 5.96. The topological polar surface area (TPSA) is 67.6 Å². The van der Waals surface area contributed by atoms with Crippen molar-refractivity contribution >= 4 is 28.3 Å².